The molecular formula is C14H16N2O4S. The zero-order valence-corrected chi connectivity index (χ0v) is 12.3. The fourth-order valence-corrected chi connectivity index (χ4v) is 3.35. The van der Waals surface area contributed by atoms with Gasteiger partial charge in [-0.05, 0) is 24.1 Å². The average Bonchev–Trinajstić information content (AvgIpc) is 2.82. The molecule has 1 aromatic carbocycles. The van der Waals surface area contributed by atoms with Crippen molar-refractivity contribution in [2.24, 2.45) is 5.73 Å². The van der Waals surface area contributed by atoms with Gasteiger partial charge in [-0.3, -0.25) is 14.8 Å². The van der Waals surface area contributed by atoms with E-state index in [-0.39, 0.29) is 13.0 Å². The second kappa shape index (κ2) is 6.55. The Morgan fingerprint density at radius 2 is 2.19 bits per heavy atom. The molecule has 0 unspecified atom stereocenters. The van der Waals surface area contributed by atoms with Crippen LogP contribution in [0.4, 0.5) is 0 Å². The number of rotatable bonds is 6. The number of benzene rings is 1. The van der Waals surface area contributed by atoms with Crippen LogP contribution in [0.3, 0.4) is 0 Å². The van der Waals surface area contributed by atoms with Crippen molar-refractivity contribution < 1.29 is 19.5 Å². The third-order valence-corrected chi connectivity index (χ3v) is 4.36. The highest BCUT2D eigenvalue weighted by Gasteiger charge is 2.17. The number of hydroxylamine groups is 1. The SMILES string of the molecule is CCc1sc2cccc(OCC(=O)NO)c2c1CC(N)=O. The minimum absolute atomic E-state index is 0.135. The Balaban J connectivity index is 2.47. The summed E-state index contributed by atoms with van der Waals surface area (Å²) in [4.78, 5) is 23.5. The maximum absolute atomic E-state index is 11.3. The number of hydrogen-bond donors (Lipinski definition) is 3. The molecular weight excluding hydrogens is 292 g/mol. The van der Waals surface area contributed by atoms with E-state index in [9.17, 15) is 9.59 Å². The molecule has 0 radical (unpaired) electrons. The monoisotopic (exact) mass is 308 g/mol. The molecule has 7 heteroatoms. The minimum Gasteiger partial charge on any atom is -0.483 e. The van der Waals surface area contributed by atoms with E-state index < -0.39 is 11.8 Å². The number of carbonyl (C=O) groups is 2. The second-order valence-corrected chi connectivity index (χ2v) is 5.59. The van der Waals surface area contributed by atoms with Gasteiger partial charge in [0.1, 0.15) is 5.75 Å². The average molecular weight is 308 g/mol. The van der Waals surface area contributed by atoms with Gasteiger partial charge in [0, 0.05) is 15.0 Å². The van der Waals surface area contributed by atoms with E-state index in [0.29, 0.717) is 5.75 Å². The van der Waals surface area contributed by atoms with Crippen LogP contribution < -0.4 is 16.0 Å². The van der Waals surface area contributed by atoms with E-state index in [1.54, 1.807) is 17.4 Å². The van der Waals surface area contributed by atoms with Gasteiger partial charge in [-0.15, -0.1) is 11.3 Å². The molecule has 0 spiro atoms. The Labute approximate surface area is 125 Å². The van der Waals surface area contributed by atoms with Crippen LogP contribution >= 0.6 is 11.3 Å². The lowest BCUT2D eigenvalue weighted by molar-refractivity contribution is -0.131. The summed E-state index contributed by atoms with van der Waals surface area (Å²) in [7, 11) is 0. The lowest BCUT2D eigenvalue weighted by Crippen LogP contribution is -2.25. The van der Waals surface area contributed by atoms with Crippen LogP contribution in [-0.2, 0) is 22.4 Å². The Hall–Kier alpha value is -2.12. The van der Waals surface area contributed by atoms with Gasteiger partial charge in [0.05, 0.1) is 6.42 Å². The Morgan fingerprint density at radius 3 is 2.81 bits per heavy atom. The van der Waals surface area contributed by atoms with Crippen molar-refractivity contribution in [2.45, 2.75) is 19.8 Å². The number of fused-ring (bicyclic) bond motifs is 1. The van der Waals surface area contributed by atoms with Crippen molar-refractivity contribution in [2.75, 3.05) is 6.61 Å². The van der Waals surface area contributed by atoms with Gasteiger partial charge in [0.15, 0.2) is 6.61 Å². The van der Waals surface area contributed by atoms with Gasteiger partial charge in [-0.1, -0.05) is 13.0 Å². The van der Waals surface area contributed by atoms with Crippen LogP contribution in [0.2, 0.25) is 0 Å². The summed E-state index contributed by atoms with van der Waals surface area (Å²) in [5, 5.41) is 9.31. The van der Waals surface area contributed by atoms with Crippen LogP contribution in [0.5, 0.6) is 5.75 Å². The topological polar surface area (TPSA) is 102 Å². The number of aryl methyl sites for hydroxylation is 1. The van der Waals surface area contributed by atoms with Crippen molar-refractivity contribution in [1.29, 1.82) is 0 Å². The van der Waals surface area contributed by atoms with Crippen LogP contribution in [0.25, 0.3) is 10.1 Å². The molecule has 2 amide bonds. The Kier molecular flexibility index (Phi) is 4.77. The van der Waals surface area contributed by atoms with Gasteiger partial charge in [-0.2, -0.15) is 0 Å². The molecule has 0 aliphatic carbocycles. The highest BCUT2D eigenvalue weighted by molar-refractivity contribution is 7.19. The summed E-state index contributed by atoms with van der Waals surface area (Å²) in [6.45, 7) is 1.71. The molecule has 112 valence electrons. The number of carbonyl (C=O) groups excluding carboxylic acids is 2. The zero-order valence-electron chi connectivity index (χ0n) is 11.5. The summed E-state index contributed by atoms with van der Waals surface area (Å²) in [5.41, 5.74) is 7.68. The lowest BCUT2D eigenvalue weighted by atomic mass is 10.1. The third kappa shape index (κ3) is 3.32. The molecule has 2 aromatic rings. The molecule has 0 fully saturated rings. The summed E-state index contributed by atoms with van der Waals surface area (Å²) in [6, 6.07) is 5.48. The second-order valence-electron chi connectivity index (χ2n) is 4.45. The van der Waals surface area contributed by atoms with Crippen molar-refractivity contribution in [3.63, 3.8) is 0 Å². The lowest BCUT2D eigenvalue weighted by Gasteiger charge is -2.08. The number of primary amides is 1. The molecule has 0 atom stereocenters. The highest BCUT2D eigenvalue weighted by Crippen LogP contribution is 2.38. The molecule has 21 heavy (non-hydrogen) atoms. The summed E-state index contributed by atoms with van der Waals surface area (Å²) >= 11 is 1.58. The van der Waals surface area contributed by atoms with E-state index in [1.807, 2.05) is 19.1 Å². The normalized spacial score (nSPS) is 10.6. The van der Waals surface area contributed by atoms with Crippen molar-refractivity contribution in [3.05, 3.63) is 28.6 Å². The molecule has 1 heterocycles. The maximum atomic E-state index is 11.3. The summed E-state index contributed by atoms with van der Waals surface area (Å²) in [5.74, 6) is -0.551. The van der Waals surface area contributed by atoms with E-state index >= 15 is 0 Å². The molecule has 4 N–H and O–H groups in total. The molecule has 0 aliphatic rings. The molecule has 0 saturated carbocycles. The van der Waals surface area contributed by atoms with E-state index in [4.69, 9.17) is 15.7 Å². The first-order valence-corrected chi connectivity index (χ1v) is 7.25. The number of nitrogens with one attached hydrogen (secondary N) is 1. The maximum Gasteiger partial charge on any atom is 0.281 e. The van der Waals surface area contributed by atoms with Gasteiger partial charge in [0.2, 0.25) is 5.91 Å². The fraction of sp³-hybridized carbons (Fsp3) is 0.286. The van der Waals surface area contributed by atoms with Crippen LogP contribution in [0.1, 0.15) is 17.4 Å². The number of thiophene rings is 1. The summed E-state index contributed by atoms with van der Waals surface area (Å²) in [6.07, 6.45) is 0.925. The largest absolute Gasteiger partial charge is 0.483 e. The first-order valence-electron chi connectivity index (χ1n) is 6.44. The third-order valence-electron chi connectivity index (χ3n) is 3.02. The molecule has 1 aromatic heterocycles. The Morgan fingerprint density at radius 1 is 1.43 bits per heavy atom. The van der Waals surface area contributed by atoms with Gasteiger partial charge >= 0.3 is 0 Å². The number of nitrogens with two attached hydrogens (primary N) is 1. The standard InChI is InChI=1S/C14H16N2O4S/c1-2-10-8(6-12(15)17)14-9(20-7-13(18)16-19)4-3-5-11(14)21-10/h3-5,19H,2,6-7H2,1H3,(H2,15,17)(H,16,18). The summed E-state index contributed by atoms with van der Waals surface area (Å²) < 4.78 is 6.41. The predicted octanol–water partition coefficient (Wildman–Crippen LogP) is 1.38. The minimum atomic E-state index is -0.644. The van der Waals surface area contributed by atoms with Crippen LogP contribution in [0, 0.1) is 0 Å². The van der Waals surface area contributed by atoms with Gasteiger partial charge < -0.3 is 10.5 Å². The molecule has 2 rings (SSSR count). The number of ether oxygens (including phenoxy) is 1. The first kappa shape index (κ1) is 15.3. The fourth-order valence-electron chi connectivity index (χ4n) is 2.17. The van der Waals surface area contributed by atoms with Crippen molar-refractivity contribution in [3.8, 4) is 5.75 Å². The van der Waals surface area contributed by atoms with Gasteiger partial charge in [0.25, 0.3) is 5.91 Å². The molecule has 0 bridgehead atoms. The smallest absolute Gasteiger partial charge is 0.281 e. The van der Waals surface area contributed by atoms with Crippen LogP contribution in [-0.4, -0.2) is 23.6 Å². The van der Waals surface area contributed by atoms with E-state index in [2.05, 4.69) is 0 Å². The first-order chi connectivity index (χ1) is 10.1. The van der Waals surface area contributed by atoms with E-state index in [1.165, 1.54) is 5.48 Å². The van der Waals surface area contributed by atoms with Crippen molar-refractivity contribution in [1.82, 2.24) is 5.48 Å². The number of amides is 2. The zero-order chi connectivity index (χ0) is 15.4. The predicted molar refractivity (Wildman–Crippen MR) is 79.5 cm³/mol. The molecule has 6 nitrogen and oxygen atoms in total. The highest BCUT2D eigenvalue weighted by atomic mass is 32.1. The van der Waals surface area contributed by atoms with Crippen LogP contribution in [0.15, 0.2) is 18.2 Å². The van der Waals surface area contributed by atoms with E-state index in [0.717, 1.165) is 26.9 Å². The van der Waals surface area contributed by atoms with Crippen molar-refractivity contribution >= 4 is 33.2 Å². The molecule has 0 aliphatic heterocycles. The molecule has 0 saturated heterocycles. The van der Waals surface area contributed by atoms with Gasteiger partial charge in [-0.25, -0.2) is 5.48 Å². The Bertz CT molecular complexity index is 681. The number of hydrogen-bond acceptors (Lipinski definition) is 5. The quantitative estimate of drug-likeness (QED) is 0.554.